The minimum Gasteiger partial charge on any atom is -0.494 e. The molecule has 0 radical (unpaired) electrons. The first-order valence-corrected chi connectivity index (χ1v) is 12.9. The van der Waals surface area contributed by atoms with E-state index in [0.717, 1.165) is 59.5 Å². The Hall–Kier alpha value is -2.91. The number of pyridine rings is 1. The van der Waals surface area contributed by atoms with Crippen LogP contribution in [0.3, 0.4) is 0 Å². The minimum absolute atomic E-state index is 0.489. The number of fused-ring (bicyclic) bond motifs is 1. The van der Waals surface area contributed by atoms with E-state index in [0.29, 0.717) is 18.8 Å². The molecule has 1 unspecified atom stereocenters. The molecule has 1 atom stereocenters. The highest BCUT2D eigenvalue weighted by Crippen LogP contribution is 2.31. The number of ether oxygens (including phenoxy) is 1. The molecule has 0 aliphatic carbocycles. The van der Waals surface area contributed by atoms with Crippen molar-refractivity contribution >= 4 is 9.84 Å². The van der Waals surface area contributed by atoms with Crippen LogP contribution < -0.4 is 10.1 Å². The number of halogens is 3. The van der Waals surface area contributed by atoms with Crippen molar-refractivity contribution in [1.82, 2.24) is 10.3 Å². The van der Waals surface area contributed by atoms with E-state index in [9.17, 15) is 21.6 Å². The Kier molecular flexibility index (Phi) is 6.95. The lowest BCUT2D eigenvalue weighted by Gasteiger charge is -2.26. The van der Waals surface area contributed by atoms with Crippen molar-refractivity contribution < 1.29 is 26.3 Å². The first-order valence-electron chi connectivity index (χ1n) is 10.9. The molecule has 2 heterocycles. The summed E-state index contributed by atoms with van der Waals surface area (Å²) in [6, 6.07) is 15.5. The average Bonchev–Trinajstić information content (AvgIpc) is 2.80. The summed E-state index contributed by atoms with van der Waals surface area (Å²) in [5, 5.41) is 2.38. The van der Waals surface area contributed by atoms with Gasteiger partial charge in [0.15, 0.2) is 9.84 Å². The van der Waals surface area contributed by atoms with Crippen LogP contribution >= 0.6 is 0 Å². The molecular formula is C25H25F3N2O3S. The highest BCUT2D eigenvalue weighted by molar-refractivity contribution is 7.90. The molecule has 34 heavy (non-hydrogen) atoms. The molecule has 3 aromatic rings. The molecule has 4 rings (SSSR count). The third kappa shape index (κ3) is 5.77. The van der Waals surface area contributed by atoms with Crippen molar-refractivity contribution in [2.24, 2.45) is 0 Å². The van der Waals surface area contributed by atoms with Gasteiger partial charge in [0.25, 0.3) is 0 Å². The van der Waals surface area contributed by atoms with E-state index in [1.54, 1.807) is 6.07 Å². The average molecular weight is 491 g/mol. The van der Waals surface area contributed by atoms with Crippen molar-refractivity contribution in [3.05, 3.63) is 83.0 Å². The van der Waals surface area contributed by atoms with Crippen molar-refractivity contribution in [2.75, 3.05) is 19.4 Å². The van der Waals surface area contributed by atoms with Gasteiger partial charge >= 0.3 is 6.18 Å². The van der Waals surface area contributed by atoms with Crippen molar-refractivity contribution in [2.45, 2.75) is 30.8 Å². The van der Waals surface area contributed by atoms with Gasteiger partial charge in [0, 0.05) is 24.6 Å². The van der Waals surface area contributed by atoms with Gasteiger partial charge in [0.05, 0.1) is 17.9 Å². The monoisotopic (exact) mass is 490 g/mol. The highest BCUT2D eigenvalue weighted by Gasteiger charge is 2.30. The molecule has 1 aromatic heterocycles. The molecule has 0 fully saturated rings. The van der Waals surface area contributed by atoms with E-state index < -0.39 is 27.0 Å². The Labute approximate surface area is 196 Å². The van der Waals surface area contributed by atoms with Crippen molar-refractivity contribution in [3.63, 3.8) is 0 Å². The van der Waals surface area contributed by atoms with Gasteiger partial charge in [-0.05, 0) is 60.2 Å². The summed E-state index contributed by atoms with van der Waals surface area (Å²) < 4.78 is 67.9. The number of sulfone groups is 1. The normalized spacial score (nSPS) is 16.2. The van der Waals surface area contributed by atoms with Crippen LogP contribution in [-0.2, 0) is 28.9 Å². The van der Waals surface area contributed by atoms with Gasteiger partial charge in [-0.25, -0.2) is 8.42 Å². The number of nitrogens with one attached hydrogen (secondary N) is 1. The van der Waals surface area contributed by atoms with Gasteiger partial charge < -0.3 is 4.74 Å². The molecule has 0 bridgehead atoms. The van der Waals surface area contributed by atoms with E-state index in [4.69, 9.17) is 4.74 Å². The second kappa shape index (κ2) is 9.76. The second-order valence-corrected chi connectivity index (χ2v) is 10.5. The molecule has 0 spiro atoms. The summed E-state index contributed by atoms with van der Waals surface area (Å²) in [5.41, 5.74) is 3.33. The molecule has 0 saturated heterocycles. The topological polar surface area (TPSA) is 68.3 Å². The van der Waals surface area contributed by atoms with Crippen LogP contribution in [0.2, 0.25) is 0 Å². The van der Waals surface area contributed by atoms with E-state index in [2.05, 4.69) is 10.3 Å². The molecule has 1 N–H and O–H groups in total. The van der Waals surface area contributed by atoms with E-state index in [1.165, 1.54) is 12.3 Å². The van der Waals surface area contributed by atoms with Crippen LogP contribution in [0.15, 0.2) is 60.8 Å². The molecule has 9 heteroatoms. The Bertz CT molecular complexity index is 1240. The third-order valence-electron chi connectivity index (χ3n) is 5.77. The molecule has 2 aromatic carbocycles. The SMILES string of the molecule is CS(=O)(=O)C1NCCc2cc(OCCCc3ccc(-c4ccc(C(F)(F)F)cn4)cc3)ccc21. The van der Waals surface area contributed by atoms with Gasteiger partial charge in [-0.1, -0.05) is 30.3 Å². The zero-order chi connectivity index (χ0) is 24.3. The second-order valence-electron chi connectivity index (χ2n) is 8.35. The predicted octanol–water partition coefficient (Wildman–Crippen LogP) is 4.97. The lowest BCUT2D eigenvalue weighted by molar-refractivity contribution is -0.137. The zero-order valence-electron chi connectivity index (χ0n) is 18.6. The lowest BCUT2D eigenvalue weighted by Crippen LogP contribution is -2.34. The first-order chi connectivity index (χ1) is 16.1. The van der Waals surface area contributed by atoms with Gasteiger partial charge in [0.1, 0.15) is 11.1 Å². The fourth-order valence-corrected chi connectivity index (χ4v) is 5.13. The largest absolute Gasteiger partial charge is 0.494 e. The van der Waals surface area contributed by atoms with Crippen LogP contribution in [0.25, 0.3) is 11.3 Å². The maximum absolute atomic E-state index is 12.7. The molecular weight excluding hydrogens is 465 g/mol. The Morgan fingerprint density at radius 2 is 1.85 bits per heavy atom. The van der Waals surface area contributed by atoms with E-state index >= 15 is 0 Å². The minimum atomic E-state index is -4.40. The Balaban J connectivity index is 1.30. The van der Waals surface area contributed by atoms with E-state index in [-0.39, 0.29) is 0 Å². The quantitative estimate of drug-likeness (QED) is 0.474. The maximum Gasteiger partial charge on any atom is 0.417 e. The van der Waals surface area contributed by atoms with Crippen molar-refractivity contribution in [1.29, 1.82) is 0 Å². The number of nitrogens with zero attached hydrogens (tertiary/aromatic N) is 1. The van der Waals surface area contributed by atoms with Crippen LogP contribution in [0, 0.1) is 0 Å². The first kappa shape index (κ1) is 24.2. The number of hydrogen-bond donors (Lipinski definition) is 1. The molecule has 1 aliphatic rings. The smallest absolute Gasteiger partial charge is 0.417 e. The third-order valence-corrected chi connectivity index (χ3v) is 7.05. The van der Waals surface area contributed by atoms with Gasteiger partial charge in [0.2, 0.25) is 0 Å². The summed E-state index contributed by atoms with van der Waals surface area (Å²) in [5.74, 6) is 0.719. The predicted molar refractivity (Wildman–Crippen MR) is 124 cm³/mol. The lowest BCUT2D eigenvalue weighted by atomic mass is 10.0. The number of aryl methyl sites for hydroxylation is 1. The molecule has 0 amide bonds. The summed E-state index contributed by atoms with van der Waals surface area (Å²) in [6.45, 7) is 1.11. The maximum atomic E-state index is 12.7. The Morgan fingerprint density at radius 3 is 2.50 bits per heavy atom. The number of rotatable bonds is 7. The van der Waals surface area contributed by atoms with Gasteiger partial charge in [-0.2, -0.15) is 13.2 Å². The van der Waals surface area contributed by atoms with Crippen LogP contribution in [0.1, 0.15) is 34.0 Å². The fraction of sp³-hybridized carbons (Fsp3) is 0.320. The molecule has 5 nitrogen and oxygen atoms in total. The number of alkyl halides is 3. The summed E-state index contributed by atoms with van der Waals surface area (Å²) in [6.07, 6.45) is -0.00483. The standard InChI is InChI=1S/C25H25F3N2O3S/c1-34(31,32)24-22-10-9-21(15-19(22)12-13-29-24)33-14-2-3-17-4-6-18(7-5-17)23-11-8-20(16-30-23)25(26,27)28/h4-11,15-16,24,29H,2-3,12-14H2,1H3. The Morgan fingerprint density at radius 1 is 1.09 bits per heavy atom. The molecule has 1 aliphatic heterocycles. The fourth-order valence-electron chi connectivity index (χ4n) is 4.01. The zero-order valence-corrected chi connectivity index (χ0v) is 19.4. The van der Waals surface area contributed by atoms with E-state index in [1.807, 2.05) is 36.4 Å². The molecule has 180 valence electrons. The van der Waals surface area contributed by atoms with Crippen LogP contribution in [-0.4, -0.2) is 32.8 Å². The summed E-state index contributed by atoms with van der Waals surface area (Å²) >= 11 is 0. The highest BCUT2D eigenvalue weighted by atomic mass is 32.2. The number of aromatic nitrogens is 1. The number of benzene rings is 2. The van der Waals surface area contributed by atoms with Crippen molar-refractivity contribution in [3.8, 4) is 17.0 Å². The van der Waals surface area contributed by atoms with Gasteiger partial charge in [-0.15, -0.1) is 0 Å². The summed E-state index contributed by atoms with van der Waals surface area (Å²) in [4.78, 5) is 3.93. The molecule has 0 saturated carbocycles. The van der Waals surface area contributed by atoms with Crippen LogP contribution in [0.5, 0.6) is 5.75 Å². The van der Waals surface area contributed by atoms with Crippen LogP contribution in [0.4, 0.5) is 13.2 Å². The number of hydrogen-bond acceptors (Lipinski definition) is 5. The summed E-state index contributed by atoms with van der Waals surface area (Å²) in [7, 11) is -3.23. The van der Waals surface area contributed by atoms with Gasteiger partial charge in [-0.3, -0.25) is 10.3 Å².